The Bertz CT molecular complexity index is 857. The Balaban J connectivity index is 1.70. The van der Waals surface area contributed by atoms with Crippen LogP contribution in [0.3, 0.4) is 0 Å². The van der Waals surface area contributed by atoms with Crippen molar-refractivity contribution in [2.24, 2.45) is 16.9 Å². The number of ether oxygens (including phenoxy) is 1. The maximum atomic E-state index is 14.4. The van der Waals surface area contributed by atoms with Crippen LogP contribution < -0.4 is 15.5 Å². The van der Waals surface area contributed by atoms with E-state index in [1.807, 2.05) is 24.3 Å². The van der Waals surface area contributed by atoms with Crippen molar-refractivity contribution in [1.82, 2.24) is 10.7 Å². The van der Waals surface area contributed by atoms with Crippen molar-refractivity contribution in [1.29, 1.82) is 0 Å². The lowest BCUT2D eigenvalue weighted by Gasteiger charge is -2.27. The van der Waals surface area contributed by atoms with Crippen molar-refractivity contribution in [2.45, 2.75) is 6.42 Å². The highest BCUT2D eigenvalue weighted by atomic mass is 19.1. The Morgan fingerprint density at radius 3 is 2.93 bits per heavy atom. The molecule has 0 saturated carbocycles. The second kappa shape index (κ2) is 9.32. The van der Waals surface area contributed by atoms with E-state index in [0.29, 0.717) is 36.4 Å². The van der Waals surface area contributed by atoms with Gasteiger partial charge in [-0.2, -0.15) is 5.10 Å². The summed E-state index contributed by atoms with van der Waals surface area (Å²) in [6.07, 6.45) is 2.26. The van der Waals surface area contributed by atoms with Gasteiger partial charge >= 0.3 is 5.97 Å². The van der Waals surface area contributed by atoms with Gasteiger partial charge in [0, 0.05) is 18.7 Å². The number of carbonyl (C=O) groups is 1. The second-order valence-electron chi connectivity index (χ2n) is 6.82. The number of methoxy groups -OCH3 is 1. The van der Waals surface area contributed by atoms with Crippen LogP contribution in [0.5, 0.6) is 5.75 Å². The summed E-state index contributed by atoms with van der Waals surface area (Å²) in [4.78, 5) is 11.1. The van der Waals surface area contributed by atoms with Gasteiger partial charge in [0.15, 0.2) is 0 Å². The second-order valence-corrected chi connectivity index (χ2v) is 6.82. The summed E-state index contributed by atoms with van der Waals surface area (Å²) in [5.41, 5.74) is 4.83. The molecule has 1 aliphatic rings. The topological polar surface area (TPSA) is 83.0 Å². The van der Waals surface area contributed by atoms with E-state index >= 15 is 0 Å². The number of nitrogens with zero attached hydrogens (tertiary/aromatic N) is 1. The molecule has 2 aromatic rings. The van der Waals surface area contributed by atoms with Gasteiger partial charge in [-0.1, -0.05) is 30.3 Å². The van der Waals surface area contributed by atoms with Gasteiger partial charge in [-0.25, -0.2) is 4.39 Å². The monoisotopic (exact) mass is 385 g/mol. The summed E-state index contributed by atoms with van der Waals surface area (Å²) < 4.78 is 19.8. The number of carboxylic acid groups (broad SMARTS) is 1. The summed E-state index contributed by atoms with van der Waals surface area (Å²) in [7, 11) is 1.51. The quantitative estimate of drug-likeness (QED) is 0.504. The summed E-state index contributed by atoms with van der Waals surface area (Å²) in [5, 5.41) is 16.6. The molecule has 0 amide bonds. The van der Waals surface area contributed by atoms with E-state index in [-0.39, 0.29) is 17.7 Å². The minimum Gasteiger partial charge on any atom is -0.496 e. The third-order valence-electron chi connectivity index (χ3n) is 4.89. The Morgan fingerprint density at radius 1 is 1.32 bits per heavy atom. The van der Waals surface area contributed by atoms with Gasteiger partial charge in [-0.15, -0.1) is 0 Å². The minimum atomic E-state index is -0.770. The van der Waals surface area contributed by atoms with Gasteiger partial charge in [-0.3, -0.25) is 4.79 Å². The molecule has 28 heavy (non-hydrogen) atoms. The SMILES string of the molecule is COc1cccc(F)c1-c1ccccc1/C=N/NC[C@@H]1CNC[C@H](C(=O)O)C1. The van der Waals surface area contributed by atoms with Crippen molar-refractivity contribution in [3.05, 3.63) is 53.8 Å². The lowest BCUT2D eigenvalue weighted by Crippen LogP contribution is -2.42. The van der Waals surface area contributed by atoms with Crippen LogP contribution >= 0.6 is 0 Å². The van der Waals surface area contributed by atoms with Crippen LogP contribution in [-0.2, 0) is 4.79 Å². The van der Waals surface area contributed by atoms with Crippen molar-refractivity contribution in [3.8, 4) is 16.9 Å². The summed E-state index contributed by atoms with van der Waals surface area (Å²) in [5.74, 6) is -0.843. The largest absolute Gasteiger partial charge is 0.496 e. The lowest BCUT2D eigenvalue weighted by atomic mass is 9.91. The predicted molar refractivity (Wildman–Crippen MR) is 106 cm³/mol. The zero-order chi connectivity index (χ0) is 19.9. The molecule has 0 unspecified atom stereocenters. The van der Waals surface area contributed by atoms with Gasteiger partial charge in [0.2, 0.25) is 0 Å². The minimum absolute atomic E-state index is 0.189. The Labute approximate surface area is 163 Å². The van der Waals surface area contributed by atoms with E-state index < -0.39 is 5.97 Å². The Kier molecular flexibility index (Phi) is 6.60. The van der Waals surface area contributed by atoms with Crippen molar-refractivity contribution in [3.63, 3.8) is 0 Å². The van der Waals surface area contributed by atoms with Crippen molar-refractivity contribution < 1.29 is 19.0 Å². The highest BCUT2D eigenvalue weighted by molar-refractivity contribution is 5.91. The molecule has 3 N–H and O–H groups in total. The van der Waals surface area contributed by atoms with Crippen LogP contribution in [-0.4, -0.2) is 44.0 Å². The fourth-order valence-electron chi connectivity index (χ4n) is 3.44. The van der Waals surface area contributed by atoms with E-state index in [1.165, 1.54) is 13.2 Å². The zero-order valence-corrected chi connectivity index (χ0v) is 15.7. The first-order chi connectivity index (χ1) is 13.6. The molecule has 0 aromatic heterocycles. The van der Waals surface area contributed by atoms with Crippen LogP contribution in [0.25, 0.3) is 11.1 Å². The van der Waals surface area contributed by atoms with Crippen molar-refractivity contribution in [2.75, 3.05) is 26.7 Å². The number of halogens is 1. The average Bonchev–Trinajstić information content (AvgIpc) is 2.71. The molecule has 7 heteroatoms. The number of piperidine rings is 1. The third kappa shape index (κ3) is 4.67. The first-order valence-corrected chi connectivity index (χ1v) is 9.21. The maximum Gasteiger partial charge on any atom is 0.307 e. The van der Waals surface area contributed by atoms with Crippen LogP contribution in [0.1, 0.15) is 12.0 Å². The predicted octanol–water partition coefficient (Wildman–Crippen LogP) is 2.74. The van der Waals surface area contributed by atoms with Crippen LogP contribution in [0.15, 0.2) is 47.6 Å². The molecule has 0 spiro atoms. The lowest BCUT2D eigenvalue weighted by molar-refractivity contribution is -0.142. The molecule has 1 fully saturated rings. The summed E-state index contributed by atoms with van der Waals surface area (Å²) in [6.45, 7) is 1.83. The number of carboxylic acids is 1. The molecule has 6 nitrogen and oxygen atoms in total. The molecule has 0 aliphatic carbocycles. The van der Waals surface area contributed by atoms with E-state index in [2.05, 4.69) is 15.8 Å². The van der Waals surface area contributed by atoms with E-state index in [0.717, 1.165) is 12.1 Å². The van der Waals surface area contributed by atoms with Gasteiger partial charge in [0.1, 0.15) is 11.6 Å². The molecule has 1 saturated heterocycles. The molecular weight excluding hydrogens is 361 g/mol. The molecule has 2 aromatic carbocycles. The normalized spacial score (nSPS) is 19.5. The van der Waals surface area contributed by atoms with Crippen LogP contribution in [0, 0.1) is 17.7 Å². The van der Waals surface area contributed by atoms with Gasteiger partial charge in [-0.05, 0) is 36.6 Å². The molecule has 0 bridgehead atoms. The number of aliphatic carboxylic acids is 1. The van der Waals surface area contributed by atoms with E-state index in [1.54, 1.807) is 18.3 Å². The fraction of sp³-hybridized carbons (Fsp3) is 0.333. The molecule has 1 heterocycles. The standard InChI is InChI=1S/C21H24FN3O3/c1-28-19-8-4-7-18(22)20(19)17-6-3-2-5-15(17)13-25-24-11-14-9-16(21(26)27)12-23-10-14/h2-8,13-14,16,23-24H,9-12H2,1H3,(H,26,27)/b25-13+/t14-,16+/m0/s1. The number of benzene rings is 2. The molecular formula is C21H24FN3O3. The third-order valence-corrected chi connectivity index (χ3v) is 4.89. The highest BCUT2D eigenvalue weighted by Crippen LogP contribution is 2.34. The molecule has 148 valence electrons. The smallest absolute Gasteiger partial charge is 0.307 e. The first-order valence-electron chi connectivity index (χ1n) is 9.21. The maximum absolute atomic E-state index is 14.4. The van der Waals surface area contributed by atoms with Gasteiger partial charge < -0.3 is 20.6 Å². The van der Waals surface area contributed by atoms with Crippen molar-refractivity contribution >= 4 is 12.2 Å². The average molecular weight is 385 g/mol. The molecule has 3 rings (SSSR count). The number of rotatable bonds is 7. The van der Waals surface area contributed by atoms with E-state index in [9.17, 15) is 9.18 Å². The van der Waals surface area contributed by atoms with Crippen LogP contribution in [0.2, 0.25) is 0 Å². The number of hydrazone groups is 1. The van der Waals surface area contributed by atoms with Crippen LogP contribution in [0.4, 0.5) is 4.39 Å². The molecule has 1 aliphatic heterocycles. The zero-order valence-electron chi connectivity index (χ0n) is 15.7. The van der Waals surface area contributed by atoms with Gasteiger partial charge in [0.25, 0.3) is 0 Å². The van der Waals surface area contributed by atoms with Gasteiger partial charge in [0.05, 0.1) is 24.8 Å². The number of hydrogen-bond donors (Lipinski definition) is 3. The fourth-order valence-corrected chi connectivity index (χ4v) is 3.44. The van der Waals surface area contributed by atoms with E-state index in [4.69, 9.17) is 9.84 Å². The molecule has 0 radical (unpaired) electrons. The summed E-state index contributed by atoms with van der Waals surface area (Å²) in [6, 6.07) is 12.1. The first kappa shape index (κ1) is 19.8. The molecule has 2 atom stereocenters. The number of hydrogen-bond acceptors (Lipinski definition) is 5. The highest BCUT2D eigenvalue weighted by Gasteiger charge is 2.26. The number of nitrogens with one attached hydrogen (secondary N) is 2. The Morgan fingerprint density at radius 2 is 2.14 bits per heavy atom. The Hall–Kier alpha value is -2.93. The summed E-state index contributed by atoms with van der Waals surface area (Å²) >= 11 is 0.